The average molecular weight is 280 g/mol. The van der Waals surface area contributed by atoms with Crippen LogP contribution in [0.1, 0.15) is 5.56 Å². The molecule has 0 fully saturated rings. The molecular formula is C13H10ClNO2S. The van der Waals surface area contributed by atoms with E-state index in [0.717, 1.165) is 5.56 Å². The molecule has 2 aromatic carbocycles. The molecule has 0 radical (unpaired) electrons. The van der Waals surface area contributed by atoms with Crippen LogP contribution in [0.3, 0.4) is 0 Å². The van der Waals surface area contributed by atoms with Crippen LogP contribution in [-0.2, 0) is 5.75 Å². The Labute approximate surface area is 114 Å². The van der Waals surface area contributed by atoms with Gasteiger partial charge >= 0.3 is 0 Å². The molecule has 0 atom stereocenters. The summed E-state index contributed by atoms with van der Waals surface area (Å²) in [7, 11) is 0. The number of halogens is 1. The molecule has 0 spiro atoms. The fourth-order valence-electron chi connectivity index (χ4n) is 1.49. The van der Waals surface area contributed by atoms with Crippen molar-refractivity contribution < 1.29 is 4.92 Å². The lowest BCUT2D eigenvalue weighted by atomic mass is 10.2. The van der Waals surface area contributed by atoms with Gasteiger partial charge in [0, 0.05) is 16.8 Å². The lowest BCUT2D eigenvalue weighted by molar-refractivity contribution is -0.387. The fourth-order valence-corrected chi connectivity index (χ4v) is 2.62. The van der Waals surface area contributed by atoms with Crippen LogP contribution in [0.2, 0.25) is 5.02 Å². The number of nitro benzene ring substituents is 1. The molecule has 3 nitrogen and oxygen atoms in total. The highest BCUT2D eigenvalue weighted by molar-refractivity contribution is 7.98. The maximum atomic E-state index is 10.9. The third kappa shape index (κ3) is 3.24. The van der Waals surface area contributed by atoms with Gasteiger partial charge < -0.3 is 0 Å². The maximum Gasteiger partial charge on any atom is 0.284 e. The van der Waals surface area contributed by atoms with E-state index >= 15 is 0 Å². The smallest absolute Gasteiger partial charge is 0.258 e. The molecule has 0 aliphatic rings. The summed E-state index contributed by atoms with van der Waals surface area (Å²) < 4.78 is 0. The van der Waals surface area contributed by atoms with Gasteiger partial charge in [-0.05, 0) is 17.7 Å². The number of nitro groups is 1. The average Bonchev–Trinajstić information content (AvgIpc) is 2.38. The summed E-state index contributed by atoms with van der Waals surface area (Å²) in [6.45, 7) is 0. The summed E-state index contributed by atoms with van der Waals surface area (Å²) in [6, 6.07) is 14.6. The molecule has 0 aromatic heterocycles. The van der Waals surface area contributed by atoms with E-state index in [-0.39, 0.29) is 5.69 Å². The Kier molecular flexibility index (Phi) is 4.23. The van der Waals surface area contributed by atoms with E-state index in [1.165, 1.54) is 17.8 Å². The van der Waals surface area contributed by atoms with Gasteiger partial charge in [0.15, 0.2) is 0 Å². The molecule has 0 unspecified atom stereocenters. The molecule has 0 N–H and O–H groups in total. The van der Waals surface area contributed by atoms with Crippen molar-refractivity contribution in [2.45, 2.75) is 10.6 Å². The first-order valence-corrected chi connectivity index (χ1v) is 6.64. The molecule has 2 rings (SSSR count). The van der Waals surface area contributed by atoms with E-state index in [1.807, 2.05) is 30.3 Å². The van der Waals surface area contributed by atoms with Crippen molar-refractivity contribution >= 4 is 29.1 Å². The van der Waals surface area contributed by atoms with Gasteiger partial charge in [-0.1, -0.05) is 41.9 Å². The van der Waals surface area contributed by atoms with Gasteiger partial charge in [-0.25, -0.2) is 0 Å². The number of hydrogen-bond donors (Lipinski definition) is 0. The quantitative estimate of drug-likeness (QED) is 0.469. The van der Waals surface area contributed by atoms with Crippen molar-refractivity contribution in [1.82, 2.24) is 0 Å². The molecule has 2 aromatic rings. The normalized spacial score (nSPS) is 10.3. The van der Waals surface area contributed by atoms with E-state index in [2.05, 4.69) is 0 Å². The van der Waals surface area contributed by atoms with Crippen LogP contribution in [0, 0.1) is 10.1 Å². The lowest BCUT2D eigenvalue weighted by Gasteiger charge is -2.03. The van der Waals surface area contributed by atoms with Crippen molar-refractivity contribution in [3.8, 4) is 0 Å². The molecule has 0 amide bonds. The zero-order chi connectivity index (χ0) is 13.0. The molecule has 92 valence electrons. The second kappa shape index (κ2) is 5.89. The van der Waals surface area contributed by atoms with Gasteiger partial charge in [-0.2, -0.15) is 0 Å². The number of nitrogens with zero attached hydrogens (tertiary/aromatic N) is 1. The van der Waals surface area contributed by atoms with Crippen LogP contribution in [0.15, 0.2) is 53.4 Å². The van der Waals surface area contributed by atoms with Crippen molar-refractivity contribution in [2.24, 2.45) is 0 Å². The molecule has 0 heterocycles. The van der Waals surface area contributed by atoms with E-state index < -0.39 is 4.92 Å². The van der Waals surface area contributed by atoms with Gasteiger partial charge in [-0.15, -0.1) is 11.8 Å². The van der Waals surface area contributed by atoms with Crippen molar-refractivity contribution in [3.05, 3.63) is 69.2 Å². The number of thioether (sulfide) groups is 1. The Morgan fingerprint density at radius 2 is 1.89 bits per heavy atom. The molecule has 5 heteroatoms. The molecule has 0 aliphatic carbocycles. The summed E-state index contributed by atoms with van der Waals surface area (Å²) in [5, 5.41) is 11.3. The first-order valence-electron chi connectivity index (χ1n) is 5.27. The minimum atomic E-state index is -0.404. The zero-order valence-corrected chi connectivity index (χ0v) is 10.9. The van der Waals surface area contributed by atoms with Crippen molar-refractivity contribution in [3.63, 3.8) is 0 Å². The van der Waals surface area contributed by atoms with Crippen LogP contribution in [0.25, 0.3) is 0 Å². The van der Waals surface area contributed by atoms with Gasteiger partial charge in [0.05, 0.1) is 9.82 Å². The van der Waals surface area contributed by atoms with Crippen LogP contribution >= 0.6 is 23.4 Å². The molecule has 18 heavy (non-hydrogen) atoms. The molecule has 0 saturated carbocycles. The number of rotatable bonds is 4. The minimum absolute atomic E-state index is 0.0587. The Morgan fingerprint density at radius 3 is 2.56 bits per heavy atom. The minimum Gasteiger partial charge on any atom is -0.258 e. The number of hydrogen-bond acceptors (Lipinski definition) is 3. The fraction of sp³-hybridized carbons (Fsp3) is 0.0769. The standard InChI is InChI=1S/C13H10ClNO2S/c14-11-6-7-13(12(8-11)15(16)17)18-9-10-4-2-1-3-5-10/h1-8H,9H2. The first kappa shape index (κ1) is 12.9. The highest BCUT2D eigenvalue weighted by Crippen LogP contribution is 2.33. The highest BCUT2D eigenvalue weighted by atomic mass is 35.5. The monoisotopic (exact) mass is 279 g/mol. The zero-order valence-electron chi connectivity index (χ0n) is 9.38. The molecule has 0 bridgehead atoms. The van der Waals surface area contributed by atoms with E-state index in [1.54, 1.807) is 12.1 Å². The summed E-state index contributed by atoms with van der Waals surface area (Å²) >= 11 is 7.20. The van der Waals surface area contributed by atoms with Gasteiger partial charge in [-0.3, -0.25) is 10.1 Å². The third-order valence-electron chi connectivity index (χ3n) is 2.35. The second-order valence-electron chi connectivity index (χ2n) is 3.64. The third-order valence-corrected chi connectivity index (χ3v) is 3.72. The van der Waals surface area contributed by atoms with E-state index in [0.29, 0.717) is 15.7 Å². The van der Waals surface area contributed by atoms with Gasteiger partial charge in [0.25, 0.3) is 5.69 Å². The van der Waals surface area contributed by atoms with E-state index in [4.69, 9.17) is 11.6 Å². The second-order valence-corrected chi connectivity index (χ2v) is 5.10. The Bertz CT molecular complexity index is 560. The molecule has 0 aliphatic heterocycles. The predicted molar refractivity (Wildman–Crippen MR) is 74.1 cm³/mol. The SMILES string of the molecule is O=[N+]([O-])c1cc(Cl)ccc1SCc1ccccc1. The molecule has 0 saturated heterocycles. The van der Waals surface area contributed by atoms with Crippen LogP contribution in [-0.4, -0.2) is 4.92 Å². The summed E-state index contributed by atoms with van der Waals surface area (Å²) in [6.07, 6.45) is 0. The van der Waals surface area contributed by atoms with Gasteiger partial charge in [0.1, 0.15) is 0 Å². The Morgan fingerprint density at radius 1 is 1.17 bits per heavy atom. The molecular weight excluding hydrogens is 270 g/mol. The topological polar surface area (TPSA) is 43.1 Å². The van der Waals surface area contributed by atoms with Gasteiger partial charge in [0.2, 0.25) is 0 Å². The van der Waals surface area contributed by atoms with Crippen molar-refractivity contribution in [1.29, 1.82) is 0 Å². The predicted octanol–water partition coefficient (Wildman–Crippen LogP) is 4.54. The summed E-state index contributed by atoms with van der Waals surface area (Å²) in [5.41, 5.74) is 1.19. The summed E-state index contributed by atoms with van der Waals surface area (Å²) in [5.74, 6) is 0.698. The Hall–Kier alpha value is -1.52. The Balaban J connectivity index is 2.17. The van der Waals surface area contributed by atoms with Crippen LogP contribution in [0.5, 0.6) is 0 Å². The van der Waals surface area contributed by atoms with Crippen molar-refractivity contribution in [2.75, 3.05) is 0 Å². The van der Waals surface area contributed by atoms with Crippen LogP contribution < -0.4 is 0 Å². The van der Waals surface area contributed by atoms with Crippen LogP contribution in [0.4, 0.5) is 5.69 Å². The maximum absolute atomic E-state index is 10.9. The largest absolute Gasteiger partial charge is 0.284 e. The first-order chi connectivity index (χ1) is 8.66. The number of benzene rings is 2. The highest BCUT2D eigenvalue weighted by Gasteiger charge is 2.14. The lowest BCUT2D eigenvalue weighted by Crippen LogP contribution is -1.91. The summed E-state index contributed by atoms with van der Waals surface area (Å²) in [4.78, 5) is 11.1. The van der Waals surface area contributed by atoms with E-state index in [9.17, 15) is 10.1 Å².